The third kappa shape index (κ3) is 4.04. The van der Waals surface area contributed by atoms with Crippen LogP contribution in [0.4, 0.5) is 0 Å². The van der Waals surface area contributed by atoms with Gasteiger partial charge in [-0.15, -0.1) is 11.3 Å². The minimum atomic E-state index is -0.462. The summed E-state index contributed by atoms with van der Waals surface area (Å²) in [6, 6.07) is 11.6. The minimum absolute atomic E-state index is 0.0385. The van der Waals surface area contributed by atoms with Crippen LogP contribution in [-0.4, -0.2) is 17.9 Å². The second-order valence-corrected chi connectivity index (χ2v) is 10.3. The highest BCUT2D eigenvalue weighted by molar-refractivity contribution is 7.10. The summed E-state index contributed by atoms with van der Waals surface area (Å²) in [6.45, 7) is 1.91. The lowest BCUT2D eigenvalue weighted by molar-refractivity contribution is -0.144. The Bertz CT molecular complexity index is 1110. The molecule has 2 heterocycles. The van der Waals surface area contributed by atoms with Crippen LogP contribution in [0.5, 0.6) is 0 Å². The molecule has 4 nitrogen and oxygen atoms in total. The maximum absolute atomic E-state index is 13.5. The molecule has 0 spiro atoms. The van der Waals surface area contributed by atoms with Gasteiger partial charge >= 0.3 is 5.97 Å². The Hall–Kier alpha value is -2.37. The summed E-state index contributed by atoms with van der Waals surface area (Å²) in [5, 5.41) is 6.06. The summed E-state index contributed by atoms with van der Waals surface area (Å²) in [5.41, 5.74) is 3.74. The molecule has 2 atom stereocenters. The van der Waals surface area contributed by atoms with Crippen molar-refractivity contribution >= 4 is 34.7 Å². The zero-order valence-electron chi connectivity index (χ0n) is 18.0. The van der Waals surface area contributed by atoms with Crippen molar-refractivity contribution in [3.05, 3.63) is 79.8 Å². The fourth-order valence-corrected chi connectivity index (χ4v) is 6.30. The Morgan fingerprint density at radius 2 is 1.97 bits per heavy atom. The highest BCUT2D eigenvalue weighted by Gasteiger charge is 2.42. The van der Waals surface area contributed by atoms with E-state index in [4.69, 9.17) is 16.3 Å². The molecule has 1 N–H and O–H groups in total. The summed E-state index contributed by atoms with van der Waals surface area (Å²) in [6.07, 6.45) is 5.14. The van der Waals surface area contributed by atoms with Crippen molar-refractivity contribution < 1.29 is 14.3 Å². The first kappa shape index (κ1) is 21.5. The molecule has 166 valence electrons. The van der Waals surface area contributed by atoms with Gasteiger partial charge in [0.15, 0.2) is 5.78 Å². The van der Waals surface area contributed by atoms with Crippen molar-refractivity contribution in [2.75, 3.05) is 0 Å². The number of nitrogens with one attached hydrogen (secondary N) is 1. The molecule has 0 radical (unpaired) electrons. The van der Waals surface area contributed by atoms with Crippen LogP contribution in [0.3, 0.4) is 0 Å². The SMILES string of the molecule is CC1=C(C(=O)OC2CCCC2)[C@@H](c2cccc(Cl)c2)C2=C(C[C@H](c3cccs3)CC2=O)N1. The summed E-state index contributed by atoms with van der Waals surface area (Å²) in [7, 11) is 0. The third-order valence-electron chi connectivity index (χ3n) is 6.75. The highest BCUT2D eigenvalue weighted by atomic mass is 35.5. The summed E-state index contributed by atoms with van der Waals surface area (Å²) in [5.74, 6) is -0.545. The average molecular weight is 468 g/mol. The molecule has 0 unspecified atom stereocenters. The highest BCUT2D eigenvalue weighted by Crippen LogP contribution is 2.46. The molecule has 2 aliphatic carbocycles. The second-order valence-electron chi connectivity index (χ2n) is 8.90. The van der Waals surface area contributed by atoms with Crippen molar-refractivity contribution in [3.63, 3.8) is 0 Å². The van der Waals surface area contributed by atoms with E-state index >= 15 is 0 Å². The number of rotatable bonds is 4. The monoisotopic (exact) mass is 467 g/mol. The van der Waals surface area contributed by atoms with Crippen molar-refractivity contribution in [3.8, 4) is 0 Å². The average Bonchev–Trinajstić information content (AvgIpc) is 3.47. The fraction of sp³-hybridized carbons (Fsp3) is 0.385. The zero-order valence-corrected chi connectivity index (χ0v) is 19.6. The molecule has 6 heteroatoms. The molecule has 1 saturated carbocycles. The summed E-state index contributed by atoms with van der Waals surface area (Å²) >= 11 is 8.01. The van der Waals surface area contributed by atoms with Gasteiger partial charge in [-0.25, -0.2) is 4.79 Å². The first-order valence-electron chi connectivity index (χ1n) is 11.2. The first-order valence-corrected chi connectivity index (χ1v) is 12.5. The van der Waals surface area contributed by atoms with E-state index in [1.165, 1.54) is 4.88 Å². The Morgan fingerprint density at radius 3 is 2.69 bits per heavy atom. The number of thiophene rings is 1. The quantitative estimate of drug-likeness (QED) is 0.540. The van der Waals surface area contributed by atoms with Crippen LogP contribution < -0.4 is 5.32 Å². The number of carbonyl (C=O) groups is 2. The number of esters is 1. The van der Waals surface area contributed by atoms with Crippen LogP contribution in [0.2, 0.25) is 5.02 Å². The van der Waals surface area contributed by atoms with Crippen molar-refractivity contribution in [2.24, 2.45) is 0 Å². The number of ether oxygens (including phenoxy) is 1. The molecule has 3 aliphatic rings. The molecule has 1 fully saturated rings. The number of carbonyl (C=O) groups excluding carboxylic acids is 2. The van der Waals surface area contributed by atoms with E-state index in [-0.39, 0.29) is 23.8 Å². The van der Waals surface area contributed by atoms with Crippen LogP contribution in [0, 0.1) is 0 Å². The molecule has 0 saturated heterocycles. The van der Waals surface area contributed by atoms with Gasteiger partial charge < -0.3 is 10.1 Å². The van der Waals surface area contributed by atoms with Gasteiger partial charge in [-0.3, -0.25) is 4.79 Å². The van der Waals surface area contributed by atoms with E-state index in [0.717, 1.165) is 49.1 Å². The van der Waals surface area contributed by atoms with Crippen molar-refractivity contribution in [1.29, 1.82) is 0 Å². The normalized spacial score (nSPS) is 23.9. The second kappa shape index (κ2) is 8.87. The summed E-state index contributed by atoms with van der Waals surface area (Å²) in [4.78, 5) is 28.1. The van der Waals surface area contributed by atoms with Crippen LogP contribution >= 0.6 is 22.9 Å². The number of allylic oxidation sites excluding steroid dienone is 3. The summed E-state index contributed by atoms with van der Waals surface area (Å²) < 4.78 is 5.90. The zero-order chi connectivity index (χ0) is 22.2. The van der Waals surface area contributed by atoms with Crippen LogP contribution in [0.15, 0.2) is 64.3 Å². The predicted molar refractivity (Wildman–Crippen MR) is 127 cm³/mol. The molecular weight excluding hydrogens is 442 g/mol. The first-order chi connectivity index (χ1) is 15.5. The van der Waals surface area contributed by atoms with Gasteiger partial charge in [-0.1, -0.05) is 29.8 Å². The molecule has 5 rings (SSSR count). The largest absolute Gasteiger partial charge is 0.459 e. The fourth-order valence-electron chi connectivity index (χ4n) is 5.27. The van der Waals surface area contributed by atoms with E-state index in [1.807, 2.05) is 37.3 Å². The standard InChI is InChI=1S/C26H26ClNO3S/c1-15-23(26(30)31-19-8-2-3-9-19)24(16-6-4-7-18(27)12-16)25-20(28-15)13-17(14-21(25)29)22-10-5-11-32-22/h4-7,10-12,17,19,24,28H,2-3,8-9,13-14H2,1H3/t17-,24+/m0/s1. The van der Waals surface area contributed by atoms with Gasteiger partial charge in [-0.05, 0) is 68.2 Å². The predicted octanol–water partition coefficient (Wildman–Crippen LogP) is 6.25. The molecular formula is C26H26ClNO3S. The lowest BCUT2D eigenvalue weighted by Gasteiger charge is -2.36. The van der Waals surface area contributed by atoms with E-state index in [2.05, 4.69) is 16.8 Å². The number of benzene rings is 1. The van der Waals surface area contributed by atoms with Crippen LogP contribution in [0.1, 0.15) is 67.7 Å². The molecule has 0 bridgehead atoms. The lowest BCUT2D eigenvalue weighted by atomic mass is 9.72. The lowest BCUT2D eigenvalue weighted by Crippen LogP contribution is -2.36. The van der Waals surface area contributed by atoms with Gasteiger partial charge in [0, 0.05) is 45.1 Å². The van der Waals surface area contributed by atoms with Gasteiger partial charge in [0.2, 0.25) is 0 Å². The van der Waals surface area contributed by atoms with E-state index in [1.54, 1.807) is 11.3 Å². The Balaban J connectivity index is 1.55. The molecule has 1 aromatic carbocycles. The number of halogens is 1. The Labute approximate surface area is 197 Å². The van der Waals surface area contributed by atoms with Gasteiger partial charge in [0.25, 0.3) is 0 Å². The number of ketones is 1. The maximum Gasteiger partial charge on any atom is 0.337 e. The number of hydrogen-bond donors (Lipinski definition) is 1. The molecule has 0 amide bonds. The Kier molecular flexibility index (Phi) is 5.95. The molecule has 1 aromatic heterocycles. The van der Waals surface area contributed by atoms with E-state index in [0.29, 0.717) is 22.6 Å². The number of dihydropyridines is 1. The Morgan fingerprint density at radius 1 is 1.16 bits per heavy atom. The maximum atomic E-state index is 13.5. The van der Waals surface area contributed by atoms with Gasteiger partial charge in [0.05, 0.1) is 5.57 Å². The molecule has 1 aliphatic heterocycles. The molecule has 32 heavy (non-hydrogen) atoms. The van der Waals surface area contributed by atoms with Crippen molar-refractivity contribution in [2.45, 2.75) is 63.4 Å². The van der Waals surface area contributed by atoms with Crippen LogP contribution in [-0.2, 0) is 14.3 Å². The van der Waals surface area contributed by atoms with E-state index in [9.17, 15) is 9.59 Å². The van der Waals surface area contributed by atoms with Gasteiger partial charge in [-0.2, -0.15) is 0 Å². The van der Waals surface area contributed by atoms with E-state index < -0.39 is 5.92 Å². The number of hydrogen-bond acceptors (Lipinski definition) is 5. The van der Waals surface area contributed by atoms with Gasteiger partial charge in [0.1, 0.15) is 6.10 Å². The number of Topliss-reactive ketones (excluding diaryl/α,β-unsaturated/α-hetero) is 1. The smallest absolute Gasteiger partial charge is 0.337 e. The third-order valence-corrected chi connectivity index (χ3v) is 8.02. The van der Waals surface area contributed by atoms with Crippen molar-refractivity contribution in [1.82, 2.24) is 5.32 Å². The topological polar surface area (TPSA) is 55.4 Å². The minimum Gasteiger partial charge on any atom is -0.459 e. The van der Waals surface area contributed by atoms with Crippen LogP contribution in [0.25, 0.3) is 0 Å². The molecule has 2 aromatic rings.